The van der Waals surface area contributed by atoms with Crippen molar-refractivity contribution in [3.05, 3.63) is 0 Å². The third kappa shape index (κ3) is 8.00. The summed E-state index contributed by atoms with van der Waals surface area (Å²) in [5.74, 6) is 0.270. The van der Waals surface area contributed by atoms with E-state index in [-0.39, 0.29) is 22.7 Å². The van der Waals surface area contributed by atoms with Crippen LogP contribution in [0.15, 0.2) is 0 Å². The number of Topliss-reactive ketones (excluding diaryl/α,β-unsaturated/α-hetero) is 1. The molecule has 1 amide bonds. The highest BCUT2D eigenvalue weighted by Gasteiger charge is 2.34. The average Bonchev–Trinajstić information content (AvgIpc) is 2.58. The molecule has 4 nitrogen and oxygen atoms in total. The normalized spacial score (nSPS) is 20.9. The van der Waals surface area contributed by atoms with E-state index in [0.717, 1.165) is 25.7 Å². The maximum Gasteiger partial charge on any atom is 0.409 e. The van der Waals surface area contributed by atoms with Gasteiger partial charge in [0.1, 0.15) is 5.78 Å². The molecule has 1 aliphatic rings. The first-order valence-electron chi connectivity index (χ1n) is 9.60. The van der Waals surface area contributed by atoms with Crippen molar-refractivity contribution in [2.45, 2.75) is 94.8 Å². The highest BCUT2D eigenvalue weighted by atomic mass is 79.9. The van der Waals surface area contributed by atoms with Gasteiger partial charge in [-0.3, -0.25) is 4.79 Å². The number of unbranched alkanes of at least 4 members (excludes halogenated alkanes) is 7. The van der Waals surface area contributed by atoms with Gasteiger partial charge in [0.2, 0.25) is 0 Å². The Hall–Kier alpha value is -0.580. The number of methoxy groups -OCH3 is 1. The van der Waals surface area contributed by atoms with Crippen LogP contribution in [-0.4, -0.2) is 41.3 Å². The Bertz CT molecular complexity index is 376. The molecule has 0 radical (unpaired) electrons. The topological polar surface area (TPSA) is 46.6 Å². The van der Waals surface area contributed by atoms with Crippen LogP contribution in [0.3, 0.4) is 0 Å². The van der Waals surface area contributed by atoms with E-state index in [1.54, 1.807) is 4.90 Å². The maximum atomic E-state index is 12.3. The average molecular weight is 404 g/mol. The minimum absolute atomic E-state index is 0.0623. The zero-order valence-electron chi connectivity index (χ0n) is 15.4. The lowest BCUT2D eigenvalue weighted by Crippen LogP contribution is -2.49. The van der Waals surface area contributed by atoms with Crippen LogP contribution in [0, 0.1) is 0 Å². The molecule has 0 unspecified atom stereocenters. The number of alkyl halides is 1. The number of ketones is 1. The number of rotatable bonds is 11. The smallest absolute Gasteiger partial charge is 0.409 e. The Labute approximate surface area is 155 Å². The molecular formula is C19H34BrNO3. The predicted octanol–water partition coefficient (Wildman–Crippen LogP) is 5.47. The molecular weight excluding hydrogens is 370 g/mol. The summed E-state index contributed by atoms with van der Waals surface area (Å²) < 4.78 is 4.86. The number of hydrogen-bond acceptors (Lipinski definition) is 3. The third-order valence-electron chi connectivity index (χ3n) is 4.85. The molecule has 0 aromatic heterocycles. The molecule has 2 atom stereocenters. The summed E-state index contributed by atoms with van der Waals surface area (Å²) in [7, 11) is 1.40. The van der Waals surface area contributed by atoms with Gasteiger partial charge in [-0.25, -0.2) is 4.79 Å². The molecule has 1 rings (SSSR count). The fourth-order valence-corrected chi connectivity index (χ4v) is 4.18. The van der Waals surface area contributed by atoms with Crippen molar-refractivity contribution in [2.24, 2.45) is 0 Å². The van der Waals surface area contributed by atoms with Crippen LogP contribution in [0.25, 0.3) is 0 Å². The van der Waals surface area contributed by atoms with Crippen molar-refractivity contribution in [1.82, 2.24) is 4.90 Å². The minimum Gasteiger partial charge on any atom is -0.453 e. The predicted molar refractivity (Wildman–Crippen MR) is 102 cm³/mol. The van der Waals surface area contributed by atoms with Crippen molar-refractivity contribution in [3.8, 4) is 0 Å². The fraction of sp³-hybridized carbons (Fsp3) is 0.895. The summed E-state index contributed by atoms with van der Waals surface area (Å²) in [6, 6.07) is -0.0623. The highest BCUT2D eigenvalue weighted by molar-refractivity contribution is 9.09. The van der Waals surface area contributed by atoms with Crippen LogP contribution in [-0.2, 0) is 9.53 Å². The number of hydrogen-bond donors (Lipinski definition) is 0. The molecule has 1 saturated heterocycles. The van der Waals surface area contributed by atoms with Crippen molar-refractivity contribution >= 4 is 27.8 Å². The van der Waals surface area contributed by atoms with Crippen LogP contribution in [0.1, 0.15) is 84.0 Å². The lowest BCUT2D eigenvalue weighted by Gasteiger charge is -2.37. The summed E-state index contributed by atoms with van der Waals surface area (Å²) in [6.07, 6.45) is 12.6. The molecule has 0 aliphatic carbocycles. The zero-order chi connectivity index (χ0) is 17.8. The summed E-state index contributed by atoms with van der Waals surface area (Å²) >= 11 is 3.64. The number of amides is 1. The van der Waals surface area contributed by atoms with E-state index in [1.807, 2.05) is 0 Å². The second kappa shape index (κ2) is 12.7. The lowest BCUT2D eigenvalue weighted by molar-refractivity contribution is -0.120. The molecule has 1 aliphatic heterocycles. The fourth-order valence-electron chi connectivity index (χ4n) is 3.38. The Morgan fingerprint density at radius 3 is 2.33 bits per heavy atom. The van der Waals surface area contributed by atoms with Crippen LogP contribution >= 0.6 is 15.9 Å². The van der Waals surface area contributed by atoms with Crippen LogP contribution < -0.4 is 0 Å². The van der Waals surface area contributed by atoms with Gasteiger partial charge in [-0.1, -0.05) is 67.8 Å². The summed E-state index contributed by atoms with van der Waals surface area (Å²) in [4.78, 5) is 26.1. The molecule has 0 spiro atoms. The first-order chi connectivity index (χ1) is 11.6. The van der Waals surface area contributed by atoms with E-state index in [1.165, 1.54) is 45.6 Å². The number of carbonyl (C=O) groups excluding carboxylic acids is 2. The minimum atomic E-state index is -0.316. The number of halogens is 1. The number of carbonyl (C=O) groups is 2. The van der Waals surface area contributed by atoms with Crippen molar-refractivity contribution in [3.63, 3.8) is 0 Å². The molecule has 140 valence electrons. The van der Waals surface area contributed by atoms with E-state index < -0.39 is 0 Å². The molecule has 0 N–H and O–H groups in total. The Kier molecular flexibility index (Phi) is 11.4. The molecule has 1 fully saturated rings. The maximum absolute atomic E-state index is 12.3. The van der Waals surface area contributed by atoms with E-state index in [9.17, 15) is 9.59 Å². The summed E-state index contributed by atoms with van der Waals surface area (Å²) in [5.41, 5.74) is 0. The van der Waals surface area contributed by atoms with Gasteiger partial charge in [-0.2, -0.15) is 0 Å². The number of likely N-dealkylation sites (tertiary alicyclic amines) is 1. The molecule has 0 aromatic rings. The largest absolute Gasteiger partial charge is 0.453 e. The van der Waals surface area contributed by atoms with E-state index in [2.05, 4.69) is 22.9 Å². The monoisotopic (exact) mass is 403 g/mol. The van der Waals surface area contributed by atoms with Gasteiger partial charge < -0.3 is 9.64 Å². The van der Waals surface area contributed by atoms with Gasteiger partial charge in [0.15, 0.2) is 0 Å². The molecule has 1 heterocycles. The standard InChI is InChI=1S/C19H34BrNO3/c1-3-4-5-6-7-8-9-10-12-16(22)15-18-17(20)13-11-14-21(18)19(23)24-2/h17-18H,3-15H2,1-2H3/t17-,18+/m0/s1. The van der Waals surface area contributed by atoms with E-state index in [0.29, 0.717) is 19.4 Å². The Morgan fingerprint density at radius 1 is 1.08 bits per heavy atom. The lowest BCUT2D eigenvalue weighted by atomic mass is 9.95. The van der Waals surface area contributed by atoms with Crippen molar-refractivity contribution < 1.29 is 14.3 Å². The number of ether oxygens (including phenoxy) is 1. The first-order valence-corrected chi connectivity index (χ1v) is 10.5. The first kappa shape index (κ1) is 21.5. The van der Waals surface area contributed by atoms with Crippen molar-refractivity contribution in [2.75, 3.05) is 13.7 Å². The summed E-state index contributed by atoms with van der Waals surface area (Å²) in [6.45, 7) is 2.92. The van der Waals surface area contributed by atoms with Gasteiger partial charge >= 0.3 is 6.09 Å². The number of piperidine rings is 1. The molecule has 0 saturated carbocycles. The number of nitrogens with zero attached hydrogens (tertiary/aromatic N) is 1. The van der Waals surface area contributed by atoms with Gasteiger partial charge in [0, 0.05) is 24.2 Å². The molecule has 5 heteroatoms. The molecule has 0 aromatic carbocycles. The second-order valence-electron chi connectivity index (χ2n) is 6.86. The van der Waals surface area contributed by atoms with Crippen LogP contribution in [0.4, 0.5) is 4.79 Å². The van der Waals surface area contributed by atoms with E-state index in [4.69, 9.17) is 4.74 Å². The van der Waals surface area contributed by atoms with Gasteiger partial charge in [0.25, 0.3) is 0 Å². The van der Waals surface area contributed by atoms with Gasteiger partial charge in [-0.15, -0.1) is 0 Å². The highest BCUT2D eigenvalue weighted by Crippen LogP contribution is 2.27. The van der Waals surface area contributed by atoms with Crippen LogP contribution in [0.5, 0.6) is 0 Å². The van der Waals surface area contributed by atoms with Gasteiger partial charge in [0.05, 0.1) is 13.2 Å². The SMILES string of the molecule is CCCCCCCCCCC(=O)C[C@@H]1[C@@H](Br)CCCN1C(=O)OC. The zero-order valence-corrected chi connectivity index (χ0v) is 17.0. The summed E-state index contributed by atoms with van der Waals surface area (Å²) in [5, 5.41) is 0. The molecule has 0 bridgehead atoms. The van der Waals surface area contributed by atoms with Crippen molar-refractivity contribution in [1.29, 1.82) is 0 Å². The Balaban J connectivity index is 2.23. The second-order valence-corrected chi connectivity index (χ2v) is 8.03. The molecule has 24 heavy (non-hydrogen) atoms. The quantitative estimate of drug-likeness (QED) is 0.339. The third-order valence-corrected chi connectivity index (χ3v) is 5.92. The van der Waals surface area contributed by atoms with Crippen LogP contribution in [0.2, 0.25) is 0 Å². The van der Waals surface area contributed by atoms with E-state index >= 15 is 0 Å². The van der Waals surface area contributed by atoms with Gasteiger partial charge in [-0.05, 0) is 19.3 Å². The Morgan fingerprint density at radius 2 is 1.71 bits per heavy atom.